The molecular weight excluding hydrogens is 120 g/mol. The Morgan fingerprint density at radius 2 is 1.80 bits per heavy atom. The van der Waals surface area contributed by atoms with E-state index >= 15 is 0 Å². The largest absolute Gasteiger partial charge is 0.0651 e. The van der Waals surface area contributed by atoms with Gasteiger partial charge in [0.05, 0.1) is 0 Å². The predicted octanol–water partition coefficient (Wildman–Crippen LogP) is 3.47. The maximum absolute atomic E-state index is 2.45. The molecule has 0 bridgehead atoms. The summed E-state index contributed by atoms with van der Waals surface area (Å²) in [5, 5.41) is 0. The Balaban J connectivity index is 2.48. The van der Waals surface area contributed by atoms with E-state index in [2.05, 4.69) is 27.7 Å². The van der Waals surface area contributed by atoms with E-state index in [-0.39, 0.29) is 0 Å². The third-order valence-corrected chi connectivity index (χ3v) is 3.18. The first-order chi connectivity index (χ1) is 4.60. The molecule has 0 aromatic carbocycles. The van der Waals surface area contributed by atoms with Gasteiger partial charge in [0.2, 0.25) is 0 Å². The minimum atomic E-state index is 0.739. The molecule has 10 heavy (non-hydrogen) atoms. The van der Waals surface area contributed by atoms with Crippen LogP contribution in [-0.4, -0.2) is 0 Å². The summed E-state index contributed by atoms with van der Waals surface area (Å²) < 4.78 is 0. The van der Waals surface area contributed by atoms with Crippen molar-refractivity contribution in [1.82, 2.24) is 0 Å². The molecule has 1 saturated carbocycles. The van der Waals surface area contributed by atoms with E-state index in [9.17, 15) is 0 Å². The quantitative estimate of drug-likeness (QED) is 0.563. The van der Waals surface area contributed by atoms with Crippen molar-refractivity contribution in [3.05, 3.63) is 0 Å². The van der Waals surface area contributed by atoms with Crippen LogP contribution in [-0.2, 0) is 0 Å². The van der Waals surface area contributed by atoms with Crippen LogP contribution in [0.1, 0.15) is 47.0 Å². The number of hydrogen-bond donors (Lipinski definition) is 0. The van der Waals surface area contributed by atoms with Crippen LogP contribution >= 0.6 is 0 Å². The second kappa shape index (κ2) is 2.56. The van der Waals surface area contributed by atoms with Gasteiger partial charge in [-0.25, -0.2) is 0 Å². The van der Waals surface area contributed by atoms with Gasteiger partial charge in [-0.3, -0.25) is 0 Å². The summed E-state index contributed by atoms with van der Waals surface area (Å²) in [7, 11) is 0. The first-order valence-electron chi connectivity index (χ1n) is 4.60. The topological polar surface area (TPSA) is 0 Å². The van der Waals surface area contributed by atoms with E-state index < -0.39 is 0 Å². The number of hydrogen-bond acceptors (Lipinski definition) is 0. The fourth-order valence-electron chi connectivity index (χ4n) is 2.34. The molecule has 1 unspecified atom stereocenters. The van der Waals surface area contributed by atoms with Crippen LogP contribution in [0.25, 0.3) is 0 Å². The van der Waals surface area contributed by atoms with E-state index in [1.807, 2.05) is 0 Å². The van der Waals surface area contributed by atoms with Crippen molar-refractivity contribution in [2.24, 2.45) is 17.3 Å². The van der Waals surface area contributed by atoms with Crippen molar-refractivity contribution in [2.45, 2.75) is 47.0 Å². The molecule has 1 fully saturated rings. The molecule has 1 aliphatic rings. The lowest BCUT2D eigenvalue weighted by Crippen LogP contribution is -2.17. The van der Waals surface area contributed by atoms with Crippen molar-refractivity contribution in [3.63, 3.8) is 0 Å². The van der Waals surface area contributed by atoms with Crippen LogP contribution in [0.15, 0.2) is 0 Å². The molecule has 0 heterocycles. The highest BCUT2D eigenvalue weighted by atomic mass is 14.5. The normalized spacial score (nSPS) is 24.9. The molecule has 0 radical (unpaired) electrons. The summed E-state index contributed by atoms with van der Waals surface area (Å²) in [6.45, 7) is 9.49. The lowest BCUT2D eigenvalue weighted by atomic mass is 9.80. The van der Waals surface area contributed by atoms with Crippen LogP contribution in [0.5, 0.6) is 0 Å². The zero-order valence-electron chi connectivity index (χ0n) is 7.78. The van der Waals surface area contributed by atoms with Gasteiger partial charge in [0.15, 0.2) is 0 Å². The molecule has 60 valence electrons. The standard InChI is InChI=1S/C10H20/c1-5-9(8(2)3)10(4)6-7-10/h8-9H,5-7H2,1-4H3. The average Bonchev–Trinajstić information content (AvgIpc) is 2.49. The van der Waals surface area contributed by atoms with Crippen molar-refractivity contribution in [3.8, 4) is 0 Å². The van der Waals surface area contributed by atoms with E-state index in [4.69, 9.17) is 0 Å². The van der Waals surface area contributed by atoms with E-state index in [1.165, 1.54) is 19.3 Å². The Morgan fingerprint density at radius 1 is 1.30 bits per heavy atom. The van der Waals surface area contributed by atoms with Crippen LogP contribution in [0, 0.1) is 17.3 Å². The summed E-state index contributed by atoms with van der Waals surface area (Å²) in [6, 6.07) is 0. The average molecular weight is 140 g/mol. The first-order valence-corrected chi connectivity index (χ1v) is 4.60. The third kappa shape index (κ3) is 1.36. The molecule has 0 aromatic rings. The Morgan fingerprint density at radius 3 is 1.90 bits per heavy atom. The Bertz CT molecular complexity index is 109. The van der Waals surface area contributed by atoms with E-state index in [1.54, 1.807) is 0 Å². The minimum absolute atomic E-state index is 0.739. The van der Waals surface area contributed by atoms with Gasteiger partial charge < -0.3 is 0 Å². The fraction of sp³-hybridized carbons (Fsp3) is 1.00. The molecule has 0 N–H and O–H groups in total. The Labute approximate surface area is 65.0 Å². The molecule has 0 heteroatoms. The van der Waals surface area contributed by atoms with Gasteiger partial charge in [0.25, 0.3) is 0 Å². The van der Waals surface area contributed by atoms with Gasteiger partial charge >= 0.3 is 0 Å². The third-order valence-electron chi connectivity index (χ3n) is 3.18. The summed E-state index contributed by atoms with van der Waals surface area (Å²) in [6.07, 6.45) is 4.32. The van der Waals surface area contributed by atoms with Gasteiger partial charge in [0.1, 0.15) is 0 Å². The SMILES string of the molecule is CCC(C(C)C)C1(C)CC1. The van der Waals surface area contributed by atoms with Crippen molar-refractivity contribution in [1.29, 1.82) is 0 Å². The number of rotatable bonds is 3. The smallest absolute Gasteiger partial charge is 0.0295 e. The molecule has 1 atom stereocenters. The van der Waals surface area contributed by atoms with Crippen LogP contribution in [0.4, 0.5) is 0 Å². The van der Waals surface area contributed by atoms with Gasteiger partial charge in [-0.1, -0.05) is 34.1 Å². The maximum atomic E-state index is 2.45. The molecule has 0 amide bonds. The molecule has 0 spiro atoms. The van der Waals surface area contributed by atoms with Crippen LogP contribution < -0.4 is 0 Å². The van der Waals surface area contributed by atoms with Crippen LogP contribution in [0.2, 0.25) is 0 Å². The maximum Gasteiger partial charge on any atom is -0.0295 e. The van der Waals surface area contributed by atoms with E-state index in [0.29, 0.717) is 0 Å². The van der Waals surface area contributed by atoms with Gasteiger partial charge in [-0.05, 0) is 30.1 Å². The molecule has 1 aliphatic carbocycles. The van der Waals surface area contributed by atoms with Gasteiger partial charge in [0, 0.05) is 0 Å². The van der Waals surface area contributed by atoms with Crippen LogP contribution in [0.3, 0.4) is 0 Å². The second-order valence-electron chi connectivity index (χ2n) is 4.41. The summed E-state index contributed by atoms with van der Waals surface area (Å²) >= 11 is 0. The molecule has 0 aliphatic heterocycles. The van der Waals surface area contributed by atoms with Crippen molar-refractivity contribution < 1.29 is 0 Å². The van der Waals surface area contributed by atoms with Crippen molar-refractivity contribution in [2.75, 3.05) is 0 Å². The van der Waals surface area contributed by atoms with Gasteiger partial charge in [-0.2, -0.15) is 0 Å². The molecule has 0 saturated heterocycles. The monoisotopic (exact) mass is 140 g/mol. The molecular formula is C10H20. The second-order valence-corrected chi connectivity index (χ2v) is 4.41. The summed E-state index contributed by atoms with van der Waals surface area (Å²) in [4.78, 5) is 0. The summed E-state index contributed by atoms with van der Waals surface area (Å²) in [5.74, 6) is 1.87. The molecule has 0 aromatic heterocycles. The van der Waals surface area contributed by atoms with Gasteiger partial charge in [-0.15, -0.1) is 0 Å². The van der Waals surface area contributed by atoms with E-state index in [0.717, 1.165) is 17.3 Å². The fourth-order valence-corrected chi connectivity index (χ4v) is 2.34. The highest BCUT2D eigenvalue weighted by Gasteiger charge is 2.44. The summed E-state index contributed by atoms with van der Waals surface area (Å²) in [5.41, 5.74) is 0.739. The highest BCUT2D eigenvalue weighted by Crippen LogP contribution is 2.54. The Kier molecular flexibility index (Phi) is 2.07. The predicted molar refractivity (Wildman–Crippen MR) is 46.0 cm³/mol. The zero-order chi connectivity index (χ0) is 7.78. The zero-order valence-corrected chi connectivity index (χ0v) is 7.78. The molecule has 1 rings (SSSR count). The first kappa shape index (κ1) is 8.10. The lowest BCUT2D eigenvalue weighted by molar-refractivity contribution is 0.242. The Hall–Kier alpha value is 0. The van der Waals surface area contributed by atoms with Crippen molar-refractivity contribution >= 4 is 0 Å². The molecule has 0 nitrogen and oxygen atoms in total. The highest BCUT2D eigenvalue weighted by molar-refractivity contribution is 4.94. The lowest BCUT2D eigenvalue weighted by Gasteiger charge is -2.25. The minimum Gasteiger partial charge on any atom is -0.0651 e.